The van der Waals surface area contributed by atoms with Gasteiger partial charge in [0.15, 0.2) is 5.65 Å². The van der Waals surface area contributed by atoms with Gasteiger partial charge in [0.2, 0.25) is 0 Å². The first-order valence-corrected chi connectivity index (χ1v) is 7.30. The molecule has 0 aliphatic heterocycles. The van der Waals surface area contributed by atoms with E-state index in [1.165, 1.54) is 6.07 Å². The van der Waals surface area contributed by atoms with E-state index in [1.807, 2.05) is 13.0 Å². The number of alkyl halides is 3. The van der Waals surface area contributed by atoms with Gasteiger partial charge in [-0.1, -0.05) is 0 Å². The molecule has 2 aromatic heterocycles. The van der Waals surface area contributed by atoms with Gasteiger partial charge in [-0.3, -0.25) is 0 Å². The number of aromatic hydroxyl groups is 1. The normalized spacial score (nSPS) is 11.9. The Balaban J connectivity index is 2.18. The summed E-state index contributed by atoms with van der Waals surface area (Å²) in [5, 5.41) is 13.0. The van der Waals surface area contributed by atoms with Gasteiger partial charge in [-0.15, -0.1) is 0 Å². The summed E-state index contributed by atoms with van der Waals surface area (Å²) in [6.07, 6.45) is -4.51. The van der Waals surface area contributed by atoms with Gasteiger partial charge in [-0.05, 0) is 37.3 Å². The van der Waals surface area contributed by atoms with E-state index >= 15 is 0 Å². The molecule has 8 heteroatoms. The lowest BCUT2D eigenvalue weighted by Gasteiger charge is -2.11. The van der Waals surface area contributed by atoms with Crippen LogP contribution in [0, 0.1) is 0 Å². The minimum absolute atomic E-state index is 0.230. The molecule has 5 nitrogen and oxygen atoms in total. The van der Waals surface area contributed by atoms with Crippen LogP contribution in [-0.2, 0) is 12.7 Å². The van der Waals surface area contributed by atoms with Crippen molar-refractivity contribution in [2.75, 3.05) is 12.4 Å². The predicted octanol–water partition coefficient (Wildman–Crippen LogP) is 3.88. The highest BCUT2D eigenvalue weighted by atomic mass is 19.4. The molecule has 24 heavy (non-hydrogen) atoms. The molecular formula is C16H15F3N4O. The number of nitrogens with zero attached hydrogens (tertiary/aromatic N) is 3. The molecule has 126 valence electrons. The van der Waals surface area contributed by atoms with Crippen LogP contribution in [0.1, 0.15) is 12.5 Å². The van der Waals surface area contributed by atoms with Crippen molar-refractivity contribution in [3.8, 4) is 17.1 Å². The Morgan fingerprint density at radius 1 is 1.17 bits per heavy atom. The Kier molecular flexibility index (Phi) is 3.82. The monoisotopic (exact) mass is 336 g/mol. The van der Waals surface area contributed by atoms with Gasteiger partial charge in [0, 0.05) is 13.6 Å². The fraction of sp³-hybridized carbons (Fsp3) is 0.250. The van der Waals surface area contributed by atoms with Gasteiger partial charge in [-0.2, -0.15) is 13.2 Å². The minimum Gasteiger partial charge on any atom is -0.507 e. The molecule has 2 N–H and O–H groups in total. The molecule has 0 fully saturated rings. The summed E-state index contributed by atoms with van der Waals surface area (Å²) >= 11 is 0. The predicted molar refractivity (Wildman–Crippen MR) is 84.9 cm³/mol. The Morgan fingerprint density at radius 3 is 2.50 bits per heavy atom. The standard InChI is InChI=1S/C16H15F3N4O/c1-3-23-11-6-7-13(20-2)21-14(11)22-15(23)10-5-4-9(8-12(10)24)16(17,18)19/h4-8,24H,3H2,1-2H3,(H,20,21). The Labute approximate surface area is 135 Å². The second-order valence-electron chi connectivity index (χ2n) is 5.20. The molecular weight excluding hydrogens is 321 g/mol. The van der Waals surface area contributed by atoms with Gasteiger partial charge in [0.25, 0.3) is 0 Å². The number of nitrogens with one attached hydrogen (secondary N) is 1. The number of rotatable bonds is 3. The maximum absolute atomic E-state index is 12.7. The van der Waals surface area contributed by atoms with E-state index < -0.39 is 17.5 Å². The van der Waals surface area contributed by atoms with Crippen molar-refractivity contribution in [3.05, 3.63) is 35.9 Å². The maximum atomic E-state index is 12.7. The van der Waals surface area contributed by atoms with Crippen molar-refractivity contribution < 1.29 is 18.3 Å². The third-order valence-corrected chi connectivity index (χ3v) is 3.75. The van der Waals surface area contributed by atoms with Crippen molar-refractivity contribution in [3.63, 3.8) is 0 Å². The zero-order valence-electron chi connectivity index (χ0n) is 13.0. The van der Waals surface area contributed by atoms with Crippen molar-refractivity contribution in [1.29, 1.82) is 0 Å². The van der Waals surface area contributed by atoms with Crippen molar-refractivity contribution in [2.24, 2.45) is 0 Å². The number of benzene rings is 1. The van der Waals surface area contributed by atoms with Crippen molar-refractivity contribution in [1.82, 2.24) is 14.5 Å². The first-order valence-electron chi connectivity index (χ1n) is 7.30. The smallest absolute Gasteiger partial charge is 0.416 e. The number of aryl methyl sites for hydroxylation is 1. The number of imidazole rings is 1. The summed E-state index contributed by atoms with van der Waals surface area (Å²) in [5.74, 6) is 0.537. The van der Waals surface area contributed by atoms with Crippen LogP contribution < -0.4 is 5.32 Å². The van der Waals surface area contributed by atoms with Gasteiger partial charge >= 0.3 is 6.18 Å². The molecule has 0 aliphatic rings. The first kappa shape index (κ1) is 16.1. The van der Waals surface area contributed by atoms with Crippen LogP contribution in [0.15, 0.2) is 30.3 Å². The maximum Gasteiger partial charge on any atom is 0.416 e. The second-order valence-corrected chi connectivity index (χ2v) is 5.20. The number of phenolic OH excluding ortho intramolecular Hbond substituents is 1. The Morgan fingerprint density at radius 2 is 1.92 bits per heavy atom. The molecule has 3 rings (SSSR count). The summed E-state index contributed by atoms with van der Waals surface area (Å²) in [5.41, 5.74) is 0.524. The molecule has 0 amide bonds. The van der Waals surface area contributed by atoms with Crippen LogP contribution in [0.3, 0.4) is 0 Å². The molecule has 0 aliphatic carbocycles. The molecule has 0 unspecified atom stereocenters. The minimum atomic E-state index is -4.51. The SMILES string of the molecule is CCn1c(-c2ccc(C(F)(F)F)cc2O)nc2nc(NC)ccc21. The molecule has 0 saturated carbocycles. The van der Waals surface area contributed by atoms with Gasteiger partial charge in [0.05, 0.1) is 16.6 Å². The molecule has 0 radical (unpaired) electrons. The van der Waals surface area contributed by atoms with E-state index in [9.17, 15) is 18.3 Å². The molecule has 0 atom stereocenters. The third-order valence-electron chi connectivity index (χ3n) is 3.75. The van der Waals surface area contributed by atoms with E-state index in [2.05, 4.69) is 15.3 Å². The lowest BCUT2D eigenvalue weighted by molar-refractivity contribution is -0.137. The molecule has 2 heterocycles. The topological polar surface area (TPSA) is 63.0 Å². The van der Waals surface area contributed by atoms with E-state index in [4.69, 9.17) is 0 Å². The average molecular weight is 336 g/mol. The average Bonchev–Trinajstić information content (AvgIpc) is 2.90. The van der Waals surface area contributed by atoms with Gasteiger partial charge in [0.1, 0.15) is 17.4 Å². The Bertz CT molecular complexity index is 902. The number of fused-ring (bicyclic) bond motifs is 1. The summed E-state index contributed by atoms with van der Waals surface area (Å²) in [6.45, 7) is 2.42. The quantitative estimate of drug-likeness (QED) is 0.762. The number of pyridine rings is 1. The first-order chi connectivity index (χ1) is 11.3. The van der Waals surface area contributed by atoms with E-state index in [0.717, 1.165) is 11.6 Å². The summed E-state index contributed by atoms with van der Waals surface area (Å²) in [4.78, 5) is 8.72. The lowest BCUT2D eigenvalue weighted by Crippen LogP contribution is -2.05. The second kappa shape index (κ2) is 5.70. The number of aromatic nitrogens is 3. The zero-order chi connectivity index (χ0) is 17.5. The van der Waals surface area contributed by atoms with Crippen LogP contribution in [0.25, 0.3) is 22.6 Å². The van der Waals surface area contributed by atoms with Crippen LogP contribution in [-0.4, -0.2) is 26.7 Å². The number of halogens is 3. The van der Waals surface area contributed by atoms with Gasteiger partial charge in [-0.25, -0.2) is 9.97 Å². The number of hydrogen-bond donors (Lipinski definition) is 2. The highest BCUT2D eigenvalue weighted by Crippen LogP contribution is 2.37. The van der Waals surface area contributed by atoms with Crippen LogP contribution in [0.2, 0.25) is 0 Å². The molecule has 1 aromatic carbocycles. The van der Waals surface area contributed by atoms with E-state index in [1.54, 1.807) is 17.7 Å². The van der Waals surface area contributed by atoms with Crippen LogP contribution in [0.5, 0.6) is 5.75 Å². The van der Waals surface area contributed by atoms with E-state index in [-0.39, 0.29) is 5.56 Å². The molecule has 3 aromatic rings. The molecule has 0 bridgehead atoms. The number of hydrogen-bond acceptors (Lipinski definition) is 4. The highest BCUT2D eigenvalue weighted by Gasteiger charge is 2.31. The fourth-order valence-electron chi connectivity index (χ4n) is 2.57. The largest absolute Gasteiger partial charge is 0.507 e. The lowest BCUT2D eigenvalue weighted by atomic mass is 10.1. The van der Waals surface area contributed by atoms with Crippen molar-refractivity contribution in [2.45, 2.75) is 19.6 Å². The zero-order valence-corrected chi connectivity index (χ0v) is 13.0. The number of anilines is 1. The van der Waals surface area contributed by atoms with Gasteiger partial charge < -0.3 is 15.0 Å². The fourth-order valence-corrected chi connectivity index (χ4v) is 2.57. The van der Waals surface area contributed by atoms with Crippen molar-refractivity contribution >= 4 is 17.0 Å². The summed E-state index contributed by atoms with van der Waals surface area (Å²) in [7, 11) is 1.73. The number of phenols is 1. The van der Waals surface area contributed by atoms with E-state index in [0.29, 0.717) is 29.9 Å². The summed E-state index contributed by atoms with van der Waals surface area (Å²) < 4.78 is 40.0. The highest BCUT2D eigenvalue weighted by molar-refractivity contribution is 5.80. The Hall–Kier alpha value is -2.77. The summed E-state index contributed by atoms with van der Waals surface area (Å²) in [6, 6.07) is 6.48. The molecule has 0 saturated heterocycles. The van der Waals surface area contributed by atoms with Crippen LogP contribution >= 0.6 is 0 Å². The van der Waals surface area contributed by atoms with Crippen LogP contribution in [0.4, 0.5) is 19.0 Å². The molecule has 0 spiro atoms. The third kappa shape index (κ3) is 2.64.